The summed E-state index contributed by atoms with van der Waals surface area (Å²) in [6, 6.07) is 5.96. The van der Waals surface area contributed by atoms with Gasteiger partial charge in [0.15, 0.2) is 0 Å². The Kier molecular flexibility index (Phi) is 4.09. The molecule has 0 spiro atoms. The fourth-order valence-corrected chi connectivity index (χ4v) is 3.89. The van der Waals surface area contributed by atoms with E-state index in [1.54, 1.807) is 4.90 Å². The van der Waals surface area contributed by atoms with E-state index in [0.29, 0.717) is 6.54 Å². The Morgan fingerprint density at radius 2 is 2.15 bits per heavy atom. The van der Waals surface area contributed by atoms with Crippen molar-refractivity contribution in [3.63, 3.8) is 0 Å². The van der Waals surface area contributed by atoms with Crippen LogP contribution < -0.4 is 5.46 Å². The fourth-order valence-electron chi connectivity index (χ4n) is 3.89. The quantitative estimate of drug-likeness (QED) is 0.805. The molecule has 26 heavy (non-hydrogen) atoms. The molecule has 0 unspecified atom stereocenters. The maximum atomic E-state index is 12.6. The third-order valence-corrected chi connectivity index (χ3v) is 5.02. The highest BCUT2D eigenvalue weighted by Crippen LogP contribution is 2.36. The molecule has 1 N–H and O–H groups in total. The SMILES string of the molecule is [B]c1ccc2c(c1)CCc1[nH]c([C@@H]3CCCN3C(=O)OC(C)(C)C)nc1-2. The molecule has 1 aromatic carbocycles. The summed E-state index contributed by atoms with van der Waals surface area (Å²) >= 11 is 0. The van der Waals surface area contributed by atoms with E-state index < -0.39 is 5.60 Å². The zero-order valence-corrected chi connectivity index (χ0v) is 15.6. The normalized spacial score (nSPS) is 19.2. The molecular weight excluding hydrogens is 325 g/mol. The first-order valence-electron chi connectivity index (χ1n) is 9.29. The molecule has 1 aromatic heterocycles. The number of hydrogen-bond donors (Lipinski definition) is 1. The number of likely N-dealkylation sites (tertiary alicyclic amines) is 1. The number of rotatable bonds is 1. The Bertz CT molecular complexity index is 853. The van der Waals surface area contributed by atoms with Crippen LogP contribution in [0.15, 0.2) is 18.2 Å². The Hall–Kier alpha value is -2.24. The summed E-state index contributed by atoms with van der Waals surface area (Å²) in [6.45, 7) is 6.39. The van der Waals surface area contributed by atoms with Gasteiger partial charge in [-0.2, -0.15) is 0 Å². The van der Waals surface area contributed by atoms with Crippen molar-refractivity contribution in [2.45, 2.75) is 58.1 Å². The summed E-state index contributed by atoms with van der Waals surface area (Å²) in [5.74, 6) is 0.864. The number of aromatic amines is 1. The monoisotopic (exact) mass is 349 g/mol. The summed E-state index contributed by atoms with van der Waals surface area (Å²) in [5, 5.41) is 0. The molecule has 6 heteroatoms. The molecule has 1 fully saturated rings. The minimum Gasteiger partial charge on any atom is -0.444 e. The van der Waals surface area contributed by atoms with Gasteiger partial charge in [0.2, 0.25) is 0 Å². The van der Waals surface area contributed by atoms with Gasteiger partial charge in [-0.15, -0.1) is 0 Å². The maximum absolute atomic E-state index is 12.6. The van der Waals surface area contributed by atoms with Crippen LogP contribution in [0.1, 0.15) is 56.7 Å². The molecule has 4 rings (SSSR count). The van der Waals surface area contributed by atoms with Gasteiger partial charge in [-0.1, -0.05) is 23.7 Å². The molecule has 2 radical (unpaired) electrons. The summed E-state index contributed by atoms with van der Waals surface area (Å²) < 4.78 is 5.58. The number of nitrogens with zero attached hydrogens (tertiary/aromatic N) is 2. The second-order valence-corrected chi connectivity index (χ2v) is 8.20. The molecule has 2 aliphatic rings. The van der Waals surface area contributed by atoms with E-state index in [2.05, 4.69) is 4.98 Å². The molecule has 134 valence electrons. The number of ether oxygens (including phenoxy) is 1. The first kappa shape index (κ1) is 17.2. The number of carbonyl (C=O) groups excluding carboxylic acids is 1. The molecule has 1 aliphatic carbocycles. The topological polar surface area (TPSA) is 58.2 Å². The van der Waals surface area contributed by atoms with Crippen molar-refractivity contribution in [1.82, 2.24) is 14.9 Å². The lowest BCUT2D eigenvalue weighted by Crippen LogP contribution is -2.36. The molecule has 5 nitrogen and oxygen atoms in total. The van der Waals surface area contributed by atoms with Crippen LogP contribution in [0, 0.1) is 0 Å². The third kappa shape index (κ3) is 3.13. The largest absolute Gasteiger partial charge is 0.444 e. The number of fused-ring (bicyclic) bond motifs is 3. The van der Waals surface area contributed by atoms with E-state index in [4.69, 9.17) is 17.6 Å². The zero-order valence-electron chi connectivity index (χ0n) is 15.6. The second kappa shape index (κ2) is 6.18. The maximum Gasteiger partial charge on any atom is 0.410 e. The average molecular weight is 349 g/mol. The highest BCUT2D eigenvalue weighted by Gasteiger charge is 2.36. The molecule has 0 bridgehead atoms. The summed E-state index contributed by atoms with van der Waals surface area (Å²) in [7, 11) is 5.92. The van der Waals surface area contributed by atoms with Crippen molar-refractivity contribution in [2.75, 3.05) is 6.54 Å². The van der Waals surface area contributed by atoms with Crippen LogP contribution in [0.25, 0.3) is 11.3 Å². The van der Waals surface area contributed by atoms with Crippen LogP contribution in [-0.4, -0.2) is 41.0 Å². The Labute approximate surface area is 155 Å². The Morgan fingerprint density at radius 3 is 2.92 bits per heavy atom. The van der Waals surface area contributed by atoms with Crippen molar-refractivity contribution < 1.29 is 9.53 Å². The van der Waals surface area contributed by atoms with Crippen LogP contribution in [0.3, 0.4) is 0 Å². The number of aromatic nitrogens is 2. The zero-order chi connectivity index (χ0) is 18.5. The summed E-state index contributed by atoms with van der Waals surface area (Å²) in [6.07, 6.45) is 3.47. The first-order valence-corrected chi connectivity index (χ1v) is 9.29. The predicted molar refractivity (Wildman–Crippen MR) is 102 cm³/mol. The lowest BCUT2D eigenvalue weighted by atomic mass is 9.86. The number of aryl methyl sites for hydroxylation is 2. The lowest BCUT2D eigenvalue weighted by molar-refractivity contribution is 0.0218. The molecule has 0 saturated carbocycles. The highest BCUT2D eigenvalue weighted by atomic mass is 16.6. The molecule has 1 amide bonds. The Morgan fingerprint density at radius 1 is 1.35 bits per heavy atom. The molecule has 2 heterocycles. The van der Waals surface area contributed by atoms with Crippen LogP contribution in [0.2, 0.25) is 0 Å². The second-order valence-electron chi connectivity index (χ2n) is 8.20. The molecule has 1 saturated heterocycles. The highest BCUT2D eigenvalue weighted by molar-refractivity contribution is 6.32. The van der Waals surface area contributed by atoms with Gasteiger partial charge in [-0.25, -0.2) is 9.78 Å². The molecule has 1 aliphatic heterocycles. The van der Waals surface area contributed by atoms with Gasteiger partial charge in [0.25, 0.3) is 0 Å². The van der Waals surface area contributed by atoms with Crippen LogP contribution >= 0.6 is 0 Å². The number of carbonyl (C=O) groups is 1. The van der Waals surface area contributed by atoms with Gasteiger partial charge in [-0.3, -0.25) is 4.90 Å². The van der Waals surface area contributed by atoms with Gasteiger partial charge in [0.1, 0.15) is 19.3 Å². The van der Waals surface area contributed by atoms with Gasteiger partial charge < -0.3 is 9.72 Å². The van der Waals surface area contributed by atoms with E-state index in [1.807, 2.05) is 39.0 Å². The van der Waals surface area contributed by atoms with Crippen molar-refractivity contribution in [3.05, 3.63) is 35.3 Å². The molecule has 2 aromatic rings. The van der Waals surface area contributed by atoms with Gasteiger partial charge in [-0.05, 0) is 52.0 Å². The van der Waals surface area contributed by atoms with E-state index in [-0.39, 0.29) is 12.1 Å². The number of amides is 1. The number of benzene rings is 1. The van der Waals surface area contributed by atoms with Crippen molar-refractivity contribution >= 4 is 19.4 Å². The number of imidazole rings is 1. The van der Waals surface area contributed by atoms with Gasteiger partial charge >= 0.3 is 6.09 Å². The van der Waals surface area contributed by atoms with Crippen LogP contribution in [0.4, 0.5) is 4.79 Å². The minimum atomic E-state index is -0.495. The number of H-pyrrole nitrogens is 1. The van der Waals surface area contributed by atoms with E-state index in [9.17, 15) is 4.79 Å². The lowest BCUT2D eigenvalue weighted by Gasteiger charge is -2.27. The van der Waals surface area contributed by atoms with Crippen LogP contribution in [0.5, 0.6) is 0 Å². The third-order valence-electron chi connectivity index (χ3n) is 5.02. The van der Waals surface area contributed by atoms with Crippen molar-refractivity contribution in [3.8, 4) is 11.3 Å². The molecule has 1 atom stereocenters. The van der Waals surface area contributed by atoms with Crippen LogP contribution in [-0.2, 0) is 17.6 Å². The van der Waals surface area contributed by atoms with Gasteiger partial charge in [0, 0.05) is 17.8 Å². The standard InChI is InChI=1S/C20H24BN3O2/c1-20(2,3)26-19(25)24-10-4-5-16(24)18-22-15-9-6-12-11-13(21)7-8-14(12)17(15)23-18/h7-8,11,16H,4-6,9-10H2,1-3H3,(H,22,23)/t16-/m0/s1. The smallest absolute Gasteiger partial charge is 0.410 e. The summed E-state index contributed by atoms with van der Waals surface area (Å²) in [4.78, 5) is 22.8. The number of hydrogen-bond acceptors (Lipinski definition) is 3. The number of nitrogens with one attached hydrogen (secondary N) is 1. The fraction of sp³-hybridized carbons (Fsp3) is 0.500. The summed E-state index contributed by atoms with van der Waals surface area (Å²) in [5.41, 5.74) is 4.82. The minimum absolute atomic E-state index is 0.0484. The van der Waals surface area contributed by atoms with Crippen molar-refractivity contribution in [1.29, 1.82) is 0 Å². The van der Waals surface area contributed by atoms with Gasteiger partial charge in [0.05, 0.1) is 11.7 Å². The Balaban J connectivity index is 1.63. The first-order chi connectivity index (χ1) is 12.3. The average Bonchev–Trinajstić information content (AvgIpc) is 3.19. The van der Waals surface area contributed by atoms with E-state index in [0.717, 1.165) is 53.9 Å². The van der Waals surface area contributed by atoms with E-state index >= 15 is 0 Å². The van der Waals surface area contributed by atoms with E-state index in [1.165, 1.54) is 5.56 Å². The molecular formula is C20H24BN3O2. The van der Waals surface area contributed by atoms with Crippen molar-refractivity contribution in [2.24, 2.45) is 0 Å². The predicted octanol–water partition coefficient (Wildman–Crippen LogP) is 3.04.